The van der Waals surface area contributed by atoms with Crippen LogP contribution >= 0.6 is 11.8 Å². The number of fused-ring (bicyclic) bond motifs is 1. The molecule has 3 aromatic heterocycles. The number of rotatable bonds is 4. The molecule has 0 saturated heterocycles. The van der Waals surface area contributed by atoms with Crippen LogP contribution in [0.15, 0.2) is 41.6 Å². The molecule has 0 aliphatic carbocycles. The molecule has 3 aromatic rings. The summed E-state index contributed by atoms with van der Waals surface area (Å²) < 4.78 is -0.906. The molecule has 0 aliphatic rings. The standard InChI is InChI=1S/C20H23N3O2S/c1-19(2,3)13-6-7-21-15(10-13)16-9-12-8-14(11-22-17(12)23-16)26-20(4,5)18(24)25/h6-11H,1-5H3,(H,22,23)(H,24,25). The molecule has 0 radical (unpaired) electrons. The summed E-state index contributed by atoms with van der Waals surface area (Å²) >= 11 is 1.29. The maximum Gasteiger partial charge on any atom is 0.319 e. The SMILES string of the molecule is CC(C)(Sc1cnc2[nH]c(-c3cc(C(C)(C)C)ccn3)cc2c1)C(=O)O. The predicted octanol–water partition coefficient (Wildman–Crippen LogP) is 4.88. The van der Waals surface area contributed by atoms with E-state index in [-0.39, 0.29) is 5.41 Å². The van der Waals surface area contributed by atoms with E-state index in [2.05, 4.69) is 41.8 Å². The molecule has 0 atom stereocenters. The second-order valence-corrected chi connectivity index (χ2v) is 9.59. The van der Waals surface area contributed by atoms with Gasteiger partial charge in [-0.1, -0.05) is 20.8 Å². The largest absolute Gasteiger partial charge is 0.480 e. The lowest BCUT2D eigenvalue weighted by molar-refractivity contribution is -0.138. The molecule has 0 saturated carbocycles. The molecule has 0 fully saturated rings. The summed E-state index contributed by atoms with van der Waals surface area (Å²) in [6.45, 7) is 9.90. The number of thioether (sulfide) groups is 1. The molecule has 0 amide bonds. The van der Waals surface area contributed by atoms with Gasteiger partial charge in [-0.25, -0.2) is 4.98 Å². The van der Waals surface area contributed by atoms with Crippen LogP contribution in [0.25, 0.3) is 22.4 Å². The van der Waals surface area contributed by atoms with E-state index in [4.69, 9.17) is 0 Å². The molecule has 136 valence electrons. The highest BCUT2D eigenvalue weighted by Crippen LogP contribution is 2.34. The van der Waals surface area contributed by atoms with E-state index in [1.54, 1.807) is 20.0 Å². The summed E-state index contributed by atoms with van der Waals surface area (Å²) in [6, 6.07) is 8.10. The predicted molar refractivity (Wildman–Crippen MR) is 106 cm³/mol. The summed E-state index contributed by atoms with van der Waals surface area (Å²) in [4.78, 5) is 24.4. The van der Waals surface area contributed by atoms with E-state index >= 15 is 0 Å². The summed E-state index contributed by atoms with van der Waals surface area (Å²) in [6.07, 6.45) is 3.53. The van der Waals surface area contributed by atoms with Gasteiger partial charge in [-0.05, 0) is 49.1 Å². The van der Waals surface area contributed by atoms with Crippen molar-refractivity contribution in [3.8, 4) is 11.4 Å². The molecule has 0 aromatic carbocycles. The Labute approximate surface area is 157 Å². The van der Waals surface area contributed by atoms with E-state index < -0.39 is 10.7 Å². The van der Waals surface area contributed by atoms with Crippen LogP contribution in [0.1, 0.15) is 40.2 Å². The van der Waals surface area contributed by atoms with Gasteiger partial charge in [0.2, 0.25) is 0 Å². The van der Waals surface area contributed by atoms with E-state index in [0.717, 1.165) is 27.3 Å². The summed E-state index contributed by atoms with van der Waals surface area (Å²) in [5, 5.41) is 10.2. The van der Waals surface area contributed by atoms with Crippen LogP contribution in [0, 0.1) is 0 Å². The lowest BCUT2D eigenvalue weighted by Gasteiger charge is -2.19. The maximum absolute atomic E-state index is 11.3. The number of nitrogens with one attached hydrogen (secondary N) is 1. The lowest BCUT2D eigenvalue weighted by Crippen LogP contribution is -2.26. The second kappa shape index (κ2) is 6.43. The van der Waals surface area contributed by atoms with Crippen molar-refractivity contribution in [2.24, 2.45) is 0 Å². The maximum atomic E-state index is 11.3. The van der Waals surface area contributed by atoms with Crippen LogP contribution in [0.3, 0.4) is 0 Å². The number of aliphatic carboxylic acids is 1. The molecule has 0 spiro atoms. The molecule has 3 rings (SSSR count). The van der Waals surface area contributed by atoms with Crippen LogP contribution in [0.2, 0.25) is 0 Å². The van der Waals surface area contributed by atoms with Gasteiger partial charge in [0.25, 0.3) is 0 Å². The highest BCUT2D eigenvalue weighted by Gasteiger charge is 2.28. The smallest absolute Gasteiger partial charge is 0.319 e. The number of hydrogen-bond acceptors (Lipinski definition) is 4. The van der Waals surface area contributed by atoms with Crippen LogP contribution in [0.4, 0.5) is 0 Å². The van der Waals surface area contributed by atoms with Gasteiger partial charge in [0, 0.05) is 22.7 Å². The van der Waals surface area contributed by atoms with E-state index in [9.17, 15) is 9.90 Å². The molecule has 6 heteroatoms. The third kappa shape index (κ3) is 3.75. The summed E-state index contributed by atoms with van der Waals surface area (Å²) in [7, 11) is 0. The fraction of sp³-hybridized carbons (Fsp3) is 0.350. The quantitative estimate of drug-likeness (QED) is 0.641. The zero-order chi connectivity index (χ0) is 19.1. The van der Waals surface area contributed by atoms with Gasteiger partial charge in [0.05, 0.1) is 11.4 Å². The van der Waals surface area contributed by atoms with Crippen molar-refractivity contribution >= 4 is 28.8 Å². The monoisotopic (exact) mass is 369 g/mol. The van der Waals surface area contributed by atoms with Crippen LogP contribution in [-0.4, -0.2) is 30.8 Å². The van der Waals surface area contributed by atoms with Gasteiger partial charge in [-0.2, -0.15) is 0 Å². The van der Waals surface area contributed by atoms with E-state index in [1.165, 1.54) is 17.3 Å². The van der Waals surface area contributed by atoms with E-state index in [0.29, 0.717) is 0 Å². The molecular formula is C20H23N3O2S. The summed E-state index contributed by atoms with van der Waals surface area (Å²) in [5.41, 5.74) is 3.80. The third-order valence-corrected chi connectivity index (χ3v) is 5.38. The van der Waals surface area contributed by atoms with Gasteiger partial charge in [0.1, 0.15) is 10.4 Å². The molecule has 0 bridgehead atoms. The molecule has 3 heterocycles. The van der Waals surface area contributed by atoms with Gasteiger partial charge >= 0.3 is 5.97 Å². The Morgan fingerprint density at radius 3 is 2.50 bits per heavy atom. The Morgan fingerprint density at radius 1 is 1.12 bits per heavy atom. The minimum Gasteiger partial charge on any atom is -0.480 e. The van der Waals surface area contributed by atoms with Crippen molar-refractivity contribution < 1.29 is 9.90 Å². The van der Waals surface area contributed by atoms with Gasteiger partial charge in [0.15, 0.2) is 0 Å². The molecular weight excluding hydrogens is 346 g/mol. The number of hydrogen-bond donors (Lipinski definition) is 2. The average Bonchev–Trinajstić information content (AvgIpc) is 2.97. The molecule has 0 aliphatic heterocycles. The lowest BCUT2D eigenvalue weighted by atomic mass is 9.87. The molecule has 26 heavy (non-hydrogen) atoms. The van der Waals surface area contributed by atoms with Crippen molar-refractivity contribution in [3.05, 3.63) is 42.2 Å². The molecule has 5 nitrogen and oxygen atoms in total. The zero-order valence-electron chi connectivity index (χ0n) is 15.6. The van der Waals surface area contributed by atoms with Crippen molar-refractivity contribution in [3.63, 3.8) is 0 Å². The van der Waals surface area contributed by atoms with Crippen molar-refractivity contribution in [2.45, 2.75) is 49.7 Å². The first-order valence-electron chi connectivity index (χ1n) is 8.44. The number of nitrogens with zero attached hydrogens (tertiary/aromatic N) is 2. The van der Waals surface area contributed by atoms with Crippen molar-refractivity contribution in [1.82, 2.24) is 15.0 Å². The normalized spacial score (nSPS) is 12.5. The van der Waals surface area contributed by atoms with Crippen LogP contribution in [-0.2, 0) is 10.2 Å². The third-order valence-electron chi connectivity index (χ3n) is 4.23. The Kier molecular flexibility index (Phi) is 4.56. The Balaban J connectivity index is 1.97. The number of aromatic amines is 1. The van der Waals surface area contributed by atoms with Gasteiger partial charge in [-0.3, -0.25) is 9.78 Å². The van der Waals surface area contributed by atoms with Crippen molar-refractivity contribution in [2.75, 3.05) is 0 Å². The Bertz CT molecular complexity index is 971. The molecule has 0 unspecified atom stereocenters. The topological polar surface area (TPSA) is 78.9 Å². The Hall–Kier alpha value is -2.34. The number of carbonyl (C=O) groups is 1. The summed E-state index contributed by atoms with van der Waals surface area (Å²) in [5.74, 6) is -0.847. The first-order chi connectivity index (χ1) is 12.1. The minimum atomic E-state index is -0.906. The highest BCUT2D eigenvalue weighted by molar-refractivity contribution is 8.01. The highest BCUT2D eigenvalue weighted by atomic mass is 32.2. The second-order valence-electron chi connectivity index (χ2n) is 7.89. The molecule has 2 N–H and O–H groups in total. The van der Waals surface area contributed by atoms with Gasteiger partial charge < -0.3 is 10.1 Å². The zero-order valence-corrected chi connectivity index (χ0v) is 16.4. The van der Waals surface area contributed by atoms with Gasteiger partial charge in [-0.15, -0.1) is 11.8 Å². The van der Waals surface area contributed by atoms with Crippen LogP contribution < -0.4 is 0 Å². The number of carboxylic acid groups (broad SMARTS) is 1. The number of carboxylic acids is 1. The van der Waals surface area contributed by atoms with Crippen LogP contribution in [0.5, 0.6) is 0 Å². The first kappa shape index (κ1) is 18.5. The average molecular weight is 369 g/mol. The minimum absolute atomic E-state index is 0.0498. The first-order valence-corrected chi connectivity index (χ1v) is 9.26. The number of pyridine rings is 2. The van der Waals surface area contributed by atoms with E-state index in [1.807, 2.05) is 24.4 Å². The number of aromatic nitrogens is 3. The van der Waals surface area contributed by atoms with Crippen molar-refractivity contribution in [1.29, 1.82) is 0 Å². The Morgan fingerprint density at radius 2 is 1.85 bits per heavy atom. The fourth-order valence-corrected chi connectivity index (χ4v) is 3.54. The fourth-order valence-electron chi connectivity index (χ4n) is 2.57. The number of H-pyrrole nitrogens is 1.